The number of anilines is 1. The molecule has 4 rings (SSSR count). The van der Waals surface area contributed by atoms with Crippen molar-refractivity contribution in [3.05, 3.63) is 36.2 Å². The molecule has 0 radical (unpaired) electrons. The Labute approximate surface area is 161 Å². The molecule has 0 saturated carbocycles. The molecular weight excluding hydrogens is 336 g/mol. The van der Waals surface area contributed by atoms with E-state index in [0.29, 0.717) is 24.2 Å². The lowest BCUT2D eigenvalue weighted by atomic mass is 9.95. The Kier molecular flexibility index (Phi) is 5.19. The molecule has 1 aromatic heterocycles. The Bertz CT molecular complexity index is 776. The minimum atomic E-state index is 0.335. The van der Waals surface area contributed by atoms with Crippen LogP contribution in [0.1, 0.15) is 38.7 Å². The zero-order valence-corrected chi connectivity index (χ0v) is 16.4. The minimum absolute atomic E-state index is 0.335. The first-order valence-electron chi connectivity index (χ1n) is 10.2. The van der Waals surface area contributed by atoms with E-state index in [1.165, 1.54) is 16.8 Å². The minimum Gasteiger partial charge on any atom is -0.371 e. The van der Waals surface area contributed by atoms with Crippen molar-refractivity contribution < 1.29 is 4.79 Å². The summed E-state index contributed by atoms with van der Waals surface area (Å²) in [6, 6.07) is 6.79. The lowest BCUT2D eigenvalue weighted by Crippen LogP contribution is -2.41. The second kappa shape index (κ2) is 7.75. The number of benzene rings is 1. The average Bonchev–Trinajstić information content (AvgIpc) is 3.32. The second-order valence-electron chi connectivity index (χ2n) is 8.45. The highest BCUT2D eigenvalue weighted by molar-refractivity contribution is 5.76. The number of likely N-dealkylation sites (tertiary alicyclic amines) is 1. The van der Waals surface area contributed by atoms with Gasteiger partial charge < -0.3 is 9.80 Å². The number of nitrogens with zero attached hydrogens (tertiary/aromatic N) is 3. The highest BCUT2D eigenvalue weighted by Gasteiger charge is 2.27. The Balaban J connectivity index is 1.34. The third kappa shape index (κ3) is 4.02. The van der Waals surface area contributed by atoms with Crippen molar-refractivity contribution >= 4 is 11.6 Å². The van der Waals surface area contributed by atoms with E-state index in [1.807, 2.05) is 12.4 Å². The number of hydrogen-bond donors (Lipinski definition) is 1. The normalized spacial score (nSPS) is 17.6. The van der Waals surface area contributed by atoms with Crippen molar-refractivity contribution in [1.82, 2.24) is 15.1 Å². The third-order valence-corrected chi connectivity index (χ3v) is 5.93. The molecule has 2 aliphatic rings. The smallest absolute Gasteiger partial charge is 0.222 e. The summed E-state index contributed by atoms with van der Waals surface area (Å²) in [6.07, 6.45) is 7.88. The maximum atomic E-state index is 12.3. The van der Waals surface area contributed by atoms with Crippen LogP contribution in [0.25, 0.3) is 11.1 Å². The van der Waals surface area contributed by atoms with Crippen LogP contribution in [0, 0.1) is 11.8 Å². The number of hydrogen-bond acceptors (Lipinski definition) is 3. The largest absolute Gasteiger partial charge is 0.371 e. The van der Waals surface area contributed by atoms with Crippen LogP contribution in [0.4, 0.5) is 5.69 Å². The molecule has 0 atom stereocenters. The predicted molar refractivity (Wildman–Crippen MR) is 109 cm³/mol. The summed E-state index contributed by atoms with van der Waals surface area (Å²) in [6.45, 7) is 8.31. The molecule has 3 heterocycles. The van der Waals surface area contributed by atoms with Crippen LogP contribution in [0.3, 0.4) is 0 Å². The number of aromatic amines is 1. The predicted octanol–water partition coefficient (Wildman–Crippen LogP) is 3.72. The molecule has 144 valence electrons. The van der Waals surface area contributed by atoms with Gasteiger partial charge in [-0.25, -0.2) is 0 Å². The quantitative estimate of drug-likeness (QED) is 0.877. The number of carbonyl (C=O) groups is 1. The molecule has 1 fully saturated rings. The zero-order chi connectivity index (χ0) is 18.8. The summed E-state index contributed by atoms with van der Waals surface area (Å²) < 4.78 is 0. The van der Waals surface area contributed by atoms with Gasteiger partial charge in [-0.05, 0) is 54.4 Å². The van der Waals surface area contributed by atoms with Crippen LogP contribution >= 0.6 is 0 Å². The number of aromatic nitrogens is 2. The van der Waals surface area contributed by atoms with E-state index in [9.17, 15) is 4.79 Å². The van der Waals surface area contributed by atoms with Crippen LogP contribution in [0.5, 0.6) is 0 Å². The maximum absolute atomic E-state index is 12.3. The van der Waals surface area contributed by atoms with E-state index < -0.39 is 0 Å². The van der Waals surface area contributed by atoms with Crippen molar-refractivity contribution in [1.29, 1.82) is 0 Å². The van der Waals surface area contributed by atoms with E-state index in [2.05, 4.69) is 52.0 Å². The number of rotatable bonds is 5. The van der Waals surface area contributed by atoms with Gasteiger partial charge in [0.25, 0.3) is 0 Å². The summed E-state index contributed by atoms with van der Waals surface area (Å²) >= 11 is 0. The molecule has 27 heavy (non-hydrogen) atoms. The first-order chi connectivity index (χ1) is 13.1. The van der Waals surface area contributed by atoms with Gasteiger partial charge in [-0.2, -0.15) is 5.10 Å². The lowest BCUT2D eigenvalue weighted by Gasteiger charge is -2.35. The molecule has 1 N–H and O–H groups in total. The fraction of sp³-hybridized carbons (Fsp3) is 0.545. The van der Waals surface area contributed by atoms with Crippen LogP contribution in [0.15, 0.2) is 30.6 Å². The van der Waals surface area contributed by atoms with Gasteiger partial charge in [0.2, 0.25) is 5.91 Å². The number of carbonyl (C=O) groups excluding carboxylic acids is 1. The summed E-state index contributed by atoms with van der Waals surface area (Å²) in [5.74, 6) is 1.47. The summed E-state index contributed by atoms with van der Waals surface area (Å²) in [7, 11) is 0. The molecule has 2 aliphatic heterocycles. The molecule has 1 saturated heterocycles. The van der Waals surface area contributed by atoms with Crippen molar-refractivity contribution in [3.8, 4) is 11.1 Å². The van der Waals surface area contributed by atoms with Gasteiger partial charge >= 0.3 is 0 Å². The highest BCUT2D eigenvalue weighted by Crippen LogP contribution is 2.33. The molecule has 1 aromatic carbocycles. The van der Waals surface area contributed by atoms with Gasteiger partial charge in [0, 0.05) is 50.0 Å². The van der Waals surface area contributed by atoms with Crippen molar-refractivity contribution in [2.24, 2.45) is 11.8 Å². The number of piperidine rings is 1. The van der Waals surface area contributed by atoms with E-state index in [0.717, 1.165) is 51.0 Å². The molecular formula is C22H30N4O. The van der Waals surface area contributed by atoms with Gasteiger partial charge in [-0.1, -0.05) is 19.9 Å². The average molecular weight is 367 g/mol. The molecule has 5 heteroatoms. The maximum Gasteiger partial charge on any atom is 0.222 e. The summed E-state index contributed by atoms with van der Waals surface area (Å²) in [5.41, 5.74) is 5.22. The third-order valence-electron chi connectivity index (χ3n) is 5.93. The van der Waals surface area contributed by atoms with Gasteiger partial charge in [0.1, 0.15) is 0 Å². The van der Waals surface area contributed by atoms with Crippen molar-refractivity contribution in [3.63, 3.8) is 0 Å². The van der Waals surface area contributed by atoms with Crippen LogP contribution in [-0.2, 0) is 11.2 Å². The molecule has 0 bridgehead atoms. The molecule has 5 nitrogen and oxygen atoms in total. The Morgan fingerprint density at radius 3 is 2.74 bits per heavy atom. The number of amides is 1. The second-order valence-corrected chi connectivity index (χ2v) is 8.45. The van der Waals surface area contributed by atoms with E-state index >= 15 is 0 Å². The van der Waals surface area contributed by atoms with Gasteiger partial charge in [0.15, 0.2) is 0 Å². The van der Waals surface area contributed by atoms with Gasteiger partial charge in [-0.15, -0.1) is 0 Å². The monoisotopic (exact) mass is 366 g/mol. The van der Waals surface area contributed by atoms with Crippen LogP contribution < -0.4 is 4.90 Å². The zero-order valence-electron chi connectivity index (χ0n) is 16.4. The van der Waals surface area contributed by atoms with Crippen LogP contribution in [-0.4, -0.2) is 47.2 Å². The van der Waals surface area contributed by atoms with Crippen LogP contribution in [0.2, 0.25) is 0 Å². The van der Waals surface area contributed by atoms with Crippen molar-refractivity contribution in [2.45, 2.75) is 39.5 Å². The van der Waals surface area contributed by atoms with E-state index in [-0.39, 0.29) is 0 Å². The number of fused-ring (bicyclic) bond motifs is 1. The fourth-order valence-electron chi connectivity index (χ4n) is 4.40. The fourth-order valence-corrected chi connectivity index (χ4v) is 4.40. The molecule has 2 aromatic rings. The Hall–Kier alpha value is -2.30. The first kappa shape index (κ1) is 18.1. The Morgan fingerprint density at radius 2 is 2.04 bits per heavy atom. The van der Waals surface area contributed by atoms with E-state index in [1.54, 1.807) is 0 Å². The molecule has 0 unspecified atom stereocenters. The highest BCUT2D eigenvalue weighted by atomic mass is 16.2. The summed E-state index contributed by atoms with van der Waals surface area (Å²) in [5, 5.41) is 6.95. The number of nitrogens with one attached hydrogen (secondary N) is 1. The van der Waals surface area contributed by atoms with Crippen molar-refractivity contribution in [2.75, 3.05) is 31.1 Å². The van der Waals surface area contributed by atoms with E-state index in [4.69, 9.17) is 0 Å². The topological polar surface area (TPSA) is 52.2 Å². The van der Waals surface area contributed by atoms with Gasteiger partial charge in [0.05, 0.1) is 6.20 Å². The lowest BCUT2D eigenvalue weighted by molar-refractivity contribution is -0.133. The molecule has 0 aliphatic carbocycles. The first-order valence-corrected chi connectivity index (χ1v) is 10.2. The standard InChI is InChI=1S/C22H30N4O/c1-16(2)11-22(27)25-8-5-17(6-9-25)15-26-10-7-19-12-18(3-4-21(19)26)20-13-23-24-14-20/h3-4,12-14,16-17H,5-11,15H2,1-2H3,(H,23,24). The molecule has 0 spiro atoms. The Morgan fingerprint density at radius 1 is 1.22 bits per heavy atom. The molecule has 1 amide bonds. The number of H-pyrrole nitrogens is 1. The SMILES string of the molecule is CC(C)CC(=O)N1CCC(CN2CCc3cc(-c4cn[nH]c4)ccc32)CC1. The van der Waals surface area contributed by atoms with Gasteiger partial charge in [-0.3, -0.25) is 9.89 Å². The summed E-state index contributed by atoms with van der Waals surface area (Å²) in [4.78, 5) is 16.9.